The van der Waals surface area contributed by atoms with Crippen molar-refractivity contribution in [2.24, 2.45) is 0 Å². The summed E-state index contributed by atoms with van der Waals surface area (Å²) in [6, 6.07) is 5.84. The Morgan fingerprint density at radius 2 is 2.09 bits per heavy atom. The Morgan fingerprint density at radius 3 is 2.72 bits per heavy atom. The van der Waals surface area contributed by atoms with Crippen LogP contribution in [0.3, 0.4) is 0 Å². The van der Waals surface area contributed by atoms with E-state index in [1.807, 2.05) is 32.9 Å². The van der Waals surface area contributed by atoms with Gasteiger partial charge in [-0.25, -0.2) is 9.78 Å². The topological polar surface area (TPSA) is 99.4 Å². The minimum atomic E-state index is -0.508. The lowest BCUT2D eigenvalue weighted by Gasteiger charge is -2.32. The van der Waals surface area contributed by atoms with Crippen LogP contribution in [0.4, 0.5) is 4.79 Å². The van der Waals surface area contributed by atoms with Crippen LogP contribution in [0.5, 0.6) is 0 Å². The molecular weight excluding hydrogens is 426 g/mol. The molecule has 1 aliphatic rings. The van der Waals surface area contributed by atoms with Crippen molar-refractivity contribution < 1.29 is 14.3 Å². The largest absolute Gasteiger partial charge is 0.444 e. The number of likely N-dealkylation sites (tertiary alicyclic amines) is 1. The maximum Gasteiger partial charge on any atom is 0.410 e. The molecule has 0 unspecified atom stereocenters. The number of hydrogen-bond acceptors (Lipinski definition) is 7. The van der Waals surface area contributed by atoms with E-state index in [-0.39, 0.29) is 24.3 Å². The van der Waals surface area contributed by atoms with Crippen LogP contribution in [0.2, 0.25) is 0 Å². The summed E-state index contributed by atoms with van der Waals surface area (Å²) >= 11 is 1.48. The van der Waals surface area contributed by atoms with E-state index in [2.05, 4.69) is 16.0 Å². The second-order valence-electron chi connectivity index (χ2n) is 8.81. The molecule has 0 spiro atoms. The zero-order chi connectivity index (χ0) is 23.1. The lowest BCUT2D eigenvalue weighted by atomic mass is 9.98. The van der Waals surface area contributed by atoms with Crippen molar-refractivity contribution in [3.8, 4) is 6.07 Å². The molecule has 0 bridgehead atoms. The van der Waals surface area contributed by atoms with E-state index in [4.69, 9.17) is 10.00 Å². The number of nitrogens with zero attached hydrogens (tertiary/aromatic N) is 5. The Balaban J connectivity index is 1.62. The number of pyridine rings is 1. The minimum absolute atomic E-state index is 0.183. The number of rotatable bonds is 6. The third-order valence-electron chi connectivity index (χ3n) is 5.11. The molecule has 2 aromatic rings. The zero-order valence-electron chi connectivity index (χ0n) is 18.8. The fraction of sp³-hybridized carbons (Fsp3) is 0.522. The number of carbonyl (C=O) groups is 2. The van der Waals surface area contributed by atoms with E-state index < -0.39 is 5.60 Å². The summed E-state index contributed by atoms with van der Waals surface area (Å²) in [6.07, 6.45) is 4.95. The normalized spacial score (nSPS) is 14.6. The van der Waals surface area contributed by atoms with Gasteiger partial charge in [0.05, 0.1) is 17.5 Å². The van der Waals surface area contributed by atoms with Crippen LogP contribution in [0.25, 0.3) is 0 Å². The summed E-state index contributed by atoms with van der Waals surface area (Å²) in [6.45, 7) is 7.52. The number of ether oxygens (including phenoxy) is 1. The number of nitriles is 1. The predicted octanol–water partition coefficient (Wildman–Crippen LogP) is 4.21. The van der Waals surface area contributed by atoms with Gasteiger partial charge < -0.3 is 14.5 Å². The predicted molar refractivity (Wildman–Crippen MR) is 121 cm³/mol. The number of aromatic nitrogens is 2. The van der Waals surface area contributed by atoms with Crippen LogP contribution in [-0.4, -0.2) is 57.0 Å². The molecule has 0 saturated carbocycles. The van der Waals surface area contributed by atoms with E-state index >= 15 is 0 Å². The van der Waals surface area contributed by atoms with Crippen molar-refractivity contribution in [2.45, 2.75) is 58.1 Å². The molecule has 0 atom stereocenters. The number of thiazole rings is 1. The maximum absolute atomic E-state index is 13.1. The van der Waals surface area contributed by atoms with Crippen LogP contribution in [-0.2, 0) is 11.3 Å². The Labute approximate surface area is 192 Å². The molecule has 0 aromatic carbocycles. The Morgan fingerprint density at radius 1 is 1.34 bits per heavy atom. The monoisotopic (exact) mass is 455 g/mol. The lowest BCUT2D eigenvalue weighted by Crippen LogP contribution is -2.41. The number of piperidine rings is 1. The molecule has 3 heterocycles. The molecule has 1 saturated heterocycles. The van der Waals surface area contributed by atoms with E-state index in [9.17, 15) is 9.59 Å². The smallest absolute Gasteiger partial charge is 0.410 e. The summed E-state index contributed by atoms with van der Waals surface area (Å²) in [4.78, 5) is 37.5. The molecular formula is C23H29N5O3S. The number of hydrogen-bond donors (Lipinski definition) is 0. The van der Waals surface area contributed by atoms with Crippen molar-refractivity contribution >= 4 is 23.3 Å². The molecule has 0 N–H and O–H groups in total. The highest BCUT2D eigenvalue weighted by atomic mass is 32.1. The summed E-state index contributed by atoms with van der Waals surface area (Å²) in [5.74, 6) is 0.0314. The van der Waals surface area contributed by atoms with Crippen LogP contribution >= 0.6 is 11.3 Å². The zero-order valence-corrected chi connectivity index (χ0v) is 19.6. The molecule has 9 heteroatoms. The van der Waals surface area contributed by atoms with E-state index in [0.717, 1.165) is 23.4 Å². The van der Waals surface area contributed by atoms with Crippen molar-refractivity contribution in [3.63, 3.8) is 0 Å². The Hall–Kier alpha value is -2.99. The molecule has 0 radical (unpaired) electrons. The van der Waals surface area contributed by atoms with Gasteiger partial charge in [-0.2, -0.15) is 5.26 Å². The number of carbonyl (C=O) groups excluding carboxylic acids is 2. The van der Waals surface area contributed by atoms with Crippen LogP contribution in [0, 0.1) is 11.3 Å². The van der Waals surface area contributed by atoms with Gasteiger partial charge in [-0.05, 0) is 45.2 Å². The van der Waals surface area contributed by atoms with Crippen LogP contribution < -0.4 is 0 Å². The SMILES string of the molecule is CC(C)(C)OC(=O)N1CCC(c2nc(C(=O)N(CCC#N)Cc3cccnc3)cs2)CC1. The first-order valence-electron chi connectivity index (χ1n) is 10.8. The van der Waals surface area contributed by atoms with Gasteiger partial charge in [-0.3, -0.25) is 9.78 Å². The van der Waals surface area contributed by atoms with Gasteiger partial charge in [0.1, 0.15) is 11.3 Å². The van der Waals surface area contributed by atoms with Gasteiger partial charge in [-0.1, -0.05) is 6.07 Å². The summed E-state index contributed by atoms with van der Waals surface area (Å²) in [7, 11) is 0. The third-order valence-corrected chi connectivity index (χ3v) is 6.12. The van der Waals surface area contributed by atoms with Crippen molar-refractivity contribution in [1.82, 2.24) is 19.8 Å². The minimum Gasteiger partial charge on any atom is -0.444 e. The van der Waals surface area contributed by atoms with Gasteiger partial charge >= 0.3 is 6.09 Å². The highest BCUT2D eigenvalue weighted by Gasteiger charge is 2.29. The van der Waals surface area contributed by atoms with Gasteiger partial charge in [0, 0.05) is 49.9 Å². The highest BCUT2D eigenvalue weighted by molar-refractivity contribution is 7.09. The second-order valence-corrected chi connectivity index (χ2v) is 9.70. The standard InChI is InChI=1S/C23H29N5O3S/c1-23(2,3)31-22(30)27-12-7-18(8-13-27)20-26-19(16-32-20)21(29)28(11-5-9-24)15-17-6-4-10-25-14-17/h4,6,10,14,16,18H,5,7-8,11-13,15H2,1-3H3. The van der Waals surface area contributed by atoms with E-state index in [1.165, 1.54) is 11.3 Å². The molecule has 170 valence electrons. The quantitative estimate of drug-likeness (QED) is 0.647. The fourth-order valence-corrected chi connectivity index (χ4v) is 4.49. The third kappa shape index (κ3) is 6.50. The van der Waals surface area contributed by atoms with Gasteiger partial charge in [-0.15, -0.1) is 11.3 Å². The van der Waals surface area contributed by atoms with E-state index in [0.29, 0.717) is 31.9 Å². The highest BCUT2D eigenvalue weighted by Crippen LogP contribution is 2.31. The van der Waals surface area contributed by atoms with Gasteiger partial charge in [0.25, 0.3) is 5.91 Å². The van der Waals surface area contributed by atoms with Crippen LogP contribution in [0.15, 0.2) is 29.9 Å². The van der Waals surface area contributed by atoms with E-state index in [1.54, 1.807) is 27.6 Å². The van der Waals surface area contributed by atoms with Gasteiger partial charge in [0.2, 0.25) is 0 Å². The molecule has 1 fully saturated rings. The average Bonchev–Trinajstić information content (AvgIpc) is 3.26. The van der Waals surface area contributed by atoms with Crippen molar-refractivity contribution in [3.05, 3.63) is 46.2 Å². The molecule has 1 aliphatic heterocycles. The second kappa shape index (κ2) is 10.6. The maximum atomic E-state index is 13.1. The van der Waals surface area contributed by atoms with Crippen molar-refractivity contribution in [2.75, 3.05) is 19.6 Å². The first-order valence-corrected chi connectivity index (χ1v) is 11.6. The number of amides is 2. The molecule has 0 aliphatic carbocycles. The van der Waals surface area contributed by atoms with Crippen LogP contribution in [0.1, 0.15) is 67.0 Å². The average molecular weight is 456 g/mol. The Bertz CT molecular complexity index is 956. The first-order chi connectivity index (χ1) is 15.3. The summed E-state index contributed by atoms with van der Waals surface area (Å²) < 4.78 is 5.46. The summed E-state index contributed by atoms with van der Waals surface area (Å²) in [5, 5.41) is 11.7. The van der Waals surface area contributed by atoms with Gasteiger partial charge in [0.15, 0.2) is 0 Å². The molecule has 3 rings (SSSR count). The fourth-order valence-electron chi connectivity index (χ4n) is 3.52. The molecule has 32 heavy (non-hydrogen) atoms. The van der Waals surface area contributed by atoms with Crippen molar-refractivity contribution in [1.29, 1.82) is 5.26 Å². The molecule has 2 aromatic heterocycles. The summed E-state index contributed by atoms with van der Waals surface area (Å²) in [5.41, 5.74) is 0.802. The molecule has 8 nitrogen and oxygen atoms in total. The molecule has 2 amide bonds. The Kier molecular flexibility index (Phi) is 7.80. The lowest BCUT2D eigenvalue weighted by molar-refractivity contribution is 0.0204. The first kappa shape index (κ1) is 23.7.